The number of carbonyl (C=O) groups excluding carboxylic acids is 3. The number of rotatable bonds is 9. The molecule has 0 radical (unpaired) electrons. The van der Waals surface area contributed by atoms with Crippen molar-refractivity contribution in [3.05, 3.63) is 59.7 Å². The van der Waals surface area contributed by atoms with Gasteiger partial charge in [0.15, 0.2) is 24.0 Å². The number of aliphatic carboxylic acids is 1. The summed E-state index contributed by atoms with van der Waals surface area (Å²) in [6, 6.07) is 9.28. The third kappa shape index (κ3) is 6.93. The molecule has 0 aromatic heterocycles. The Bertz CT molecular complexity index is 1450. The minimum atomic E-state index is -5.26. The SMILES string of the molecule is NC1=NC2N=CC(CN(C(=O)C(F)(F)F)c3ccc(C(=O)C[C@@H](Cc4ccc(O)cc4)C(=O)O)cc3)=NC2C(=O)N1. The molecule has 2 amide bonds. The van der Waals surface area contributed by atoms with Gasteiger partial charge in [0.25, 0.3) is 5.91 Å². The second kappa shape index (κ2) is 11.6. The van der Waals surface area contributed by atoms with E-state index in [1.54, 1.807) is 0 Å². The van der Waals surface area contributed by atoms with Gasteiger partial charge in [-0.3, -0.25) is 39.4 Å². The number of carbonyl (C=O) groups is 4. The van der Waals surface area contributed by atoms with Gasteiger partial charge < -0.3 is 15.9 Å². The van der Waals surface area contributed by atoms with Gasteiger partial charge in [0, 0.05) is 23.9 Å². The Hall–Kier alpha value is -5.08. The molecule has 0 saturated heterocycles. The number of hydrogen-bond acceptors (Lipinski definition) is 9. The van der Waals surface area contributed by atoms with Crippen molar-refractivity contribution in [1.29, 1.82) is 0 Å². The zero-order chi connectivity index (χ0) is 29.9. The molecular weight excluding hydrogens is 549 g/mol. The van der Waals surface area contributed by atoms with Crippen molar-refractivity contribution in [2.45, 2.75) is 31.2 Å². The first-order chi connectivity index (χ1) is 19.3. The number of alkyl halides is 3. The zero-order valence-corrected chi connectivity index (χ0v) is 21.1. The molecule has 4 rings (SSSR count). The van der Waals surface area contributed by atoms with Crippen molar-refractivity contribution in [2.24, 2.45) is 26.6 Å². The van der Waals surface area contributed by atoms with Crippen LogP contribution in [0, 0.1) is 5.92 Å². The van der Waals surface area contributed by atoms with Crippen molar-refractivity contribution in [3.8, 4) is 5.75 Å². The molecule has 41 heavy (non-hydrogen) atoms. The summed E-state index contributed by atoms with van der Waals surface area (Å²) in [6.07, 6.45) is -5.52. The molecule has 5 N–H and O–H groups in total. The van der Waals surface area contributed by atoms with Crippen molar-refractivity contribution < 1.29 is 42.6 Å². The number of halogens is 3. The number of aliphatic imine (C=N–C) groups is 3. The number of anilines is 1. The number of carboxylic acid groups (broad SMARTS) is 1. The number of Topliss-reactive ketones (excluding diaryl/α,β-unsaturated/α-hetero) is 1. The Morgan fingerprint density at radius 3 is 2.32 bits per heavy atom. The number of nitrogens with two attached hydrogens (primary N) is 1. The van der Waals surface area contributed by atoms with Crippen molar-refractivity contribution >= 4 is 47.1 Å². The second-order valence-corrected chi connectivity index (χ2v) is 9.23. The van der Waals surface area contributed by atoms with Crippen molar-refractivity contribution in [2.75, 3.05) is 11.4 Å². The highest BCUT2D eigenvalue weighted by Gasteiger charge is 2.44. The minimum absolute atomic E-state index is 0.000657. The number of nitrogens with one attached hydrogen (secondary N) is 1. The molecule has 214 valence electrons. The fraction of sp³-hybridized carbons (Fsp3) is 0.269. The van der Waals surface area contributed by atoms with E-state index >= 15 is 0 Å². The highest BCUT2D eigenvalue weighted by Crippen LogP contribution is 2.26. The lowest BCUT2D eigenvalue weighted by Crippen LogP contribution is -2.53. The summed E-state index contributed by atoms with van der Waals surface area (Å²) < 4.78 is 40.4. The molecule has 2 heterocycles. The first-order valence-electron chi connectivity index (χ1n) is 12.1. The lowest BCUT2D eigenvalue weighted by molar-refractivity contribution is -0.170. The zero-order valence-electron chi connectivity index (χ0n) is 21.1. The molecule has 0 aliphatic carbocycles. The Kier molecular flexibility index (Phi) is 8.16. The van der Waals surface area contributed by atoms with Crippen LogP contribution in [0.25, 0.3) is 0 Å². The van der Waals surface area contributed by atoms with Gasteiger partial charge in [-0.15, -0.1) is 0 Å². The molecule has 2 aliphatic heterocycles. The molecule has 2 aromatic carbocycles. The van der Waals surface area contributed by atoms with Crippen molar-refractivity contribution in [1.82, 2.24) is 5.32 Å². The van der Waals surface area contributed by atoms with Gasteiger partial charge in [-0.25, -0.2) is 4.99 Å². The Morgan fingerprint density at radius 2 is 1.71 bits per heavy atom. The number of carboxylic acids is 1. The van der Waals surface area contributed by atoms with E-state index < -0.39 is 60.8 Å². The molecule has 0 bridgehead atoms. The van der Waals surface area contributed by atoms with Crippen LogP contribution in [0.1, 0.15) is 22.3 Å². The summed E-state index contributed by atoms with van der Waals surface area (Å²) in [5.41, 5.74) is 5.76. The Morgan fingerprint density at radius 1 is 1.05 bits per heavy atom. The normalized spacial score (nSPS) is 18.9. The monoisotopic (exact) mass is 572 g/mol. The summed E-state index contributed by atoms with van der Waals surface area (Å²) in [4.78, 5) is 61.4. The number of ketones is 1. The summed E-state index contributed by atoms with van der Waals surface area (Å²) in [5, 5.41) is 21.2. The van der Waals surface area contributed by atoms with Gasteiger partial charge in [0.05, 0.1) is 18.2 Å². The van der Waals surface area contributed by atoms with Gasteiger partial charge in [0.2, 0.25) is 0 Å². The molecule has 15 heteroatoms. The average Bonchev–Trinajstić information content (AvgIpc) is 2.92. The smallest absolute Gasteiger partial charge is 0.471 e. The standard InChI is InChI=1S/C26H23F3N6O6/c27-26(28,29)24(41)35(12-16-11-31-21-20(32-16)22(38)34-25(30)33-21)17-5-3-14(4-6-17)19(37)10-15(23(39)40)9-13-1-7-18(36)8-2-13/h1-8,11,15,20-21,36H,9-10,12H2,(H,39,40)(H3,30,33,34,38)/t15-,20?,21?/m1/s1. The highest BCUT2D eigenvalue weighted by molar-refractivity contribution is 6.34. The maximum absolute atomic E-state index is 13.5. The van der Waals surface area contributed by atoms with Crippen LogP contribution in [-0.4, -0.2) is 76.6 Å². The lowest BCUT2D eigenvalue weighted by Gasteiger charge is -2.28. The summed E-state index contributed by atoms with van der Waals surface area (Å²) in [6.45, 7) is -0.696. The molecule has 12 nitrogen and oxygen atoms in total. The number of fused-ring (bicyclic) bond motifs is 1. The highest BCUT2D eigenvalue weighted by atomic mass is 19.4. The summed E-state index contributed by atoms with van der Waals surface area (Å²) in [7, 11) is 0. The topological polar surface area (TPSA) is 187 Å². The van der Waals surface area contributed by atoms with Crippen LogP contribution in [-0.2, 0) is 20.8 Å². The fourth-order valence-electron chi connectivity index (χ4n) is 4.20. The van der Waals surface area contributed by atoms with E-state index in [1.165, 1.54) is 36.4 Å². The minimum Gasteiger partial charge on any atom is -0.508 e. The summed E-state index contributed by atoms with van der Waals surface area (Å²) in [5.74, 6) is -5.94. The summed E-state index contributed by atoms with van der Waals surface area (Å²) >= 11 is 0. The van der Waals surface area contributed by atoms with Crippen LogP contribution < -0.4 is 16.0 Å². The van der Waals surface area contributed by atoms with Crippen LogP contribution >= 0.6 is 0 Å². The van der Waals surface area contributed by atoms with Gasteiger partial charge in [-0.2, -0.15) is 13.2 Å². The van der Waals surface area contributed by atoms with Gasteiger partial charge in [-0.05, 0) is 48.4 Å². The Labute approximate surface area is 230 Å². The van der Waals surface area contributed by atoms with Crippen LogP contribution in [0.4, 0.5) is 18.9 Å². The number of aromatic hydroxyl groups is 1. The average molecular weight is 573 g/mol. The Balaban J connectivity index is 1.52. The number of phenolic OH excluding ortho intramolecular Hbond substituents is 1. The van der Waals surface area contributed by atoms with Gasteiger partial charge >= 0.3 is 18.1 Å². The second-order valence-electron chi connectivity index (χ2n) is 9.23. The number of hydrogen-bond donors (Lipinski definition) is 4. The molecule has 0 spiro atoms. The quantitative estimate of drug-likeness (QED) is 0.328. The molecule has 2 aromatic rings. The predicted octanol–water partition coefficient (Wildman–Crippen LogP) is 1.47. The van der Waals surface area contributed by atoms with E-state index in [0.717, 1.165) is 18.3 Å². The number of nitrogens with zero attached hydrogens (tertiary/aromatic N) is 4. The molecule has 2 aliphatic rings. The van der Waals surface area contributed by atoms with E-state index in [1.807, 2.05) is 0 Å². The molecule has 3 atom stereocenters. The van der Waals surface area contributed by atoms with Crippen LogP contribution in [0.3, 0.4) is 0 Å². The first-order valence-corrected chi connectivity index (χ1v) is 12.1. The number of guanidine groups is 1. The van der Waals surface area contributed by atoms with E-state index in [4.69, 9.17) is 5.73 Å². The maximum Gasteiger partial charge on any atom is 0.471 e. The molecule has 0 saturated carbocycles. The lowest BCUT2D eigenvalue weighted by atomic mass is 9.92. The first kappa shape index (κ1) is 28.9. The third-order valence-electron chi connectivity index (χ3n) is 6.26. The van der Waals surface area contributed by atoms with Crippen molar-refractivity contribution in [3.63, 3.8) is 0 Å². The largest absolute Gasteiger partial charge is 0.508 e. The van der Waals surface area contributed by atoms with Gasteiger partial charge in [-0.1, -0.05) is 12.1 Å². The predicted molar refractivity (Wildman–Crippen MR) is 140 cm³/mol. The third-order valence-corrected chi connectivity index (χ3v) is 6.26. The van der Waals surface area contributed by atoms with Crippen LogP contribution in [0.5, 0.6) is 5.75 Å². The van der Waals surface area contributed by atoms with E-state index in [9.17, 15) is 42.6 Å². The number of benzene rings is 2. The number of amides is 2. The van der Waals surface area contributed by atoms with Gasteiger partial charge in [0.1, 0.15) is 5.75 Å². The molecule has 2 unspecified atom stereocenters. The fourth-order valence-corrected chi connectivity index (χ4v) is 4.20. The van der Waals surface area contributed by atoms with E-state index in [-0.39, 0.29) is 35.1 Å². The van der Waals surface area contributed by atoms with E-state index in [2.05, 4.69) is 20.3 Å². The molecule has 0 fully saturated rings. The van der Waals surface area contributed by atoms with Crippen LogP contribution in [0.2, 0.25) is 0 Å². The molecular formula is C26H23F3N6O6. The van der Waals surface area contributed by atoms with Crippen LogP contribution in [0.15, 0.2) is 63.5 Å². The van der Waals surface area contributed by atoms with E-state index in [0.29, 0.717) is 10.5 Å². The number of phenols is 1. The maximum atomic E-state index is 13.5.